The summed E-state index contributed by atoms with van der Waals surface area (Å²) >= 11 is 5.95. The number of anilines is 1. The summed E-state index contributed by atoms with van der Waals surface area (Å²) in [6.07, 6.45) is 2.57. The second kappa shape index (κ2) is 5.42. The van der Waals surface area contributed by atoms with E-state index in [0.29, 0.717) is 5.69 Å². The molecule has 0 aliphatic heterocycles. The van der Waals surface area contributed by atoms with Crippen molar-refractivity contribution in [3.05, 3.63) is 28.8 Å². The number of rotatable bonds is 3. The minimum Gasteiger partial charge on any atom is -0.366 e. The van der Waals surface area contributed by atoms with Crippen LogP contribution in [0.1, 0.15) is 36.5 Å². The van der Waals surface area contributed by atoms with E-state index in [2.05, 4.69) is 5.32 Å². The molecule has 2 unspecified atom stereocenters. The SMILES string of the molecule is CC1(C(=O)Nc2ccc(C(N)=O)c(Cl)c2)CCCC1N. The highest BCUT2D eigenvalue weighted by Gasteiger charge is 2.42. The van der Waals surface area contributed by atoms with Crippen LogP contribution in [0.25, 0.3) is 0 Å². The Morgan fingerprint density at radius 2 is 2.15 bits per heavy atom. The number of carbonyl (C=O) groups is 2. The molecule has 1 aromatic rings. The Balaban J connectivity index is 2.16. The van der Waals surface area contributed by atoms with Crippen molar-refractivity contribution in [3.63, 3.8) is 0 Å². The van der Waals surface area contributed by atoms with Crippen LogP contribution in [-0.2, 0) is 4.79 Å². The van der Waals surface area contributed by atoms with Crippen LogP contribution in [0.5, 0.6) is 0 Å². The van der Waals surface area contributed by atoms with Crippen molar-refractivity contribution < 1.29 is 9.59 Å². The first-order valence-corrected chi connectivity index (χ1v) is 6.89. The van der Waals surface area contributed by atoms with Gasteiger partial charge in [0.1, 0.15) is 0 Å². The van der Waals surface area contributed by atoms with Gasteiger partial charge in [-0.25, -0.2) is 0 Å². The number of nitrogens with one attached hydrogen (secondary N) is 1. The van der Waals surface area contributed by atoms with Crippen molar-refractivity contribution in [2.75, 3.05) is 5.32 Å². The van der Waals surface area contributed by atoms with E-state index in [9.17, 15) is 9.59 Å². The van der Waals surface area contributed by atoms with Crippen LogP contribution in [-0.4, -0.2) is 17.9 Å². The van der Waals surface area contributed by atoms with Gasteiger partial charge >= 0.3 is 0 Å². The standard InChI is InChI=1S/C14H18ClN3O2/c1-14(6-2-3-11(14)16)13(20)18-8-4-5-9(12(17)19)10(15)7-8/h4-5,7,11H,2-3,6,16H2,1H3,(H2,17,19)(H,18,20). The molecule has 1 saturated carbocycles. The van der Waals surface area contributed by atoms with Gasteiger partial charge in [0.2, 0.25) is 11.8 Å². The Hall–Kier alpha value is -1.59. The normalized spacial score (nSPS) is 25.4. The van der Waals surface area contributed by atoms with Gasteiger partial charge in [-0.2, -0.15) is 0 Å². The Labute approximate surface area is 122 Å². The Morgan fingerprint density at radius 1 is 1.45 bits per heavy atom. The van der Waals surface area contributed by atoms with Crippen molar-refractivity contribution in [3.8, 4) is 0 Å². The number of halogens is 1. The quantitative estimate of drug-likeness (QED) is 0.794. The summed E-state index contributed by atoms with van der Waals surface area (Å²) in [4.78, 5) is 23.4. The minimum atomic E-state index is -0.599. The van der Waals surface area contributed by atoms with Crippen molar-refractivity contribution in [1.82, 2.24) is 0 Å². The van der Waals surface area contributed by atoms with Crippen LogP contribution < -0.4 is 16.8 Å². The van der Waals surface area contributed by atoms with Crippen LogP contribution in [0.3, 0.4) is 0 Å². The molecule has 0 heterocycles. The molecule has 0 aromatic heterocycles. The lowest BCUT2D eigenvalue weighted by Crippen LogP contribution is -2.44. The fraction of sp³-hybridized carbons (Fsp3) is 0.429. The van der Waals surface area contributed by atoms with Gasteiger partial charge in [-0.15, -0.1) is 0 Å². The monoisotopic (exact) mass is 295 g/mol. The third-order valence-electron chi connectivity index (χ3n) is 4.04. The van der Waals surface area contributed by atoms with E-state index in [0.717, 1.165) is 19.3 Å². The zero-order valence-electron chi connectivity index (χ0n) is 11.3. The Morgan fingerprint density at radius 3 is 2.65 bits per heavy atom. The summed E-state index contributed by atoms with van der Waals surface area (Å²) in [5, 5.41) is 3.02. The van der Waals surface area contributed by atoms with Crippen molar-refractivity contribution in [2.24, 2.45) is 16.9 Å². The predicted octanol–water partition coefficient (Wildman–Crippen LogP) is 1.89. The first-order chi connectivity index (χ1) is 9.34. The maximum atomic E-state index is 12.4. The molecule has 5 N–H and O–H groups in total. The van der Waals surface area contributed by atoms with Gasteiger partial charge in [-0.1, -0.05) is 18.0 Å². The van der Waals surface area contributed by atoms with E-state index >= 15 is 0 Å². The van der Waals surface area contributed by atoms with E-state index in [-0.39, 0.29) is 22.5 Å². The third-order valence-corrected chi connectivity index (χ3v) is 4.35. The van der Waals surface area contributed by atoms with Gasteiger partial charge < -0.3 is 16.8 Å². The lowest BCUT2D eigenvalue weighted by atomic mass is 9.84. The number of benzene rings is 1. The number of hydrogen-bond acceptors (Lipinski definition) is 3. The summed E-state index contributed by atoms with van der Waals surface area (Å²) in [7, 11) is 0. The molecule has 20 heavy (non-hydrogen) atoms. The van der Waals surface area contributed by atoms with Gasteiger partial charge in [0.15, 0.2) is 0 Å². The molecule has 1 fully saturated rings. The summed E-state index contributed by atoms with van der Waals surface area (Å²) in [6, 6.07) is 4.48. The van der Waals surface area contributed by atoms with E-state index in [1.807, 2.05) is 6.92 Å². The largest absolute Gasteiger partial charge is 0.366 e. The van der Waals surface area contributed by atoms with Crippen LogP contribution in [0, 0.1) is 5.41 Å². The minimum absolute atomic E-state index is 0.120. The zero-order valence-corrected chi connectivity index (χ0v) is 12.0. The maximum Gasteiger partial charge on any atom is 0.250 e. The number of amides is 2. The van der Waals surface area contributed by atoms with Crippen molar-refractivity contribution in [1.29, 1.82) is 0 Å². The average molecular weight is 296 g/mol. The topological polar surface area (TPSA) is 98.2 Å². The number of hydrogen-bond donors (Lipinski definition) is 3. The maximum absolute atomic E-state index is 12.4. The molecule has 0 bridgehead atoms. The van der Waals surface area contributed by atoms with Crippen LogP contribution in [0.15, 0.2) is 18.2 Å². The van der Waals surface area contributed by atoms with Crippen molar-refractivity contribution in [2.45, 2.75) is 32.2 Å². The Kier molecular flexibility index (Phi) is 4.01. The van der Waals surface area contributed by atoms with Crippen LogP contribution in [0.4, 0.5) is 5.69 Å². The smallest absolute Gasteiger partial charge is 0.250 e. The molecule has 5 nitrogen and oxygen atoms in total. The van der Waals surface area contributed by atoms with Gasteiger partial charge in [0, 0.05) is 11.7 Å². The lowest BCUT2D eigenvalue weighted by Gasteiger charge is -2.27. The molecule has 2 atom stereocenters. The fourth-order valence-corrected chi connectivity index (χ4v) is 2.82. The van der Waals surface area contributed by atoms with E-state index in [1.54, 1.807) is 6.07 Å². The van der Waals surface area contributed by atoms with E-state index in [4.69, 9.17) is 23.1 Å². The molecule has 2 rings (SSSR count). The zero-order chi connectivity index (χ0) is 14.9. The average Bonchev–Trinajstić information content (AvgIpc) is 2.70. The van der Waals surface area contributed by atoms with E-state index in [1.165, 1.54) is 12.1 Å². The molecule has 1 aliphatic rings. The third kappa shape index (κ3) is 2.64. The lowest BCUT2D eigenvalue weighted by molar-refractivity contribution is -0.125. The highest BCUT2D eigenvalue weighted by Crippen LogP contribution is 2.37. The molecule has 0 saturated heterocycles. The second-order valence-corrected chi connectivity index (χ2v) is 5.84. The summed E-state index contributed by atoms with van der Waals surface area (Å²) < 4.78 is 0. The summed E-state index contributed by atoms with van der Waals surface area (Å²) in [6.45, 7) is 1.87. The van der Waals surface area contributed by atoms with Crippen LogP contribution >= 0.6 is 11.6 Å². The first-order valence-electron chi connectivity index (χ1n) is 6.51. The van der Waals surface area contributed by atoms with Gasteiger partial charge in [0.25, 0.3) is 0 Å². The molecule has 108 valence electrons. The molecular weight excluding hydrogens is 278 g/mol. The van der Waals surface area contributed by atoms with E-state index < -0.39 is 11.3 Å². The molecule has 0 radical (unpaired) electrons. The number of carbonyl (C=O) groups excluding carboxylic acids is 2. The molecule has 0 spiro atoms. The van der Waals surface area contributed by atoms with Crippen molar-refractivity contribution >= 4 is 29.1 Å². The predicted molar refractivity (Wildman–Crippen MR) is 78.5 cm³/mol. The second-order valence-electron chi connectivity index (χ2n) is 5.43. The van der Waals surface area contributed by atoms with Gasteiger partial charge in [0.05, 0.1) is 16.0 Å². The summed E-state index contributed by atoms with van der Waals surface area (Å²) in [5.74, 6) is -0.719. The molecule has 2 amide bonds. The Bertz CT molecular complexity index is 561. The molecule has 1 aromatic carbocycles. The molecule has 6 heteroatoms. The first kappa shape index (κ1) is 14.8. The number of nitrogens with two attached hydrogens (primary N) is 2. The summed E-state index contributed by atoms with van der Waals surface area (Å²) in [5.41, 5.74) is 11.4. The highest BCUT2D eigenvalue weighted by molar-refractivity contribution is 6.34. The highest BCUT2D eigenvalue weighted by atomic mass is 35.5. The van der Waals surface area contributed by atoms with Gasteiger partial charge in [-0.3, -0.25) is 9.59 Å². The molecular formula is C14H18ClN3O2. The van der Waals surface area contributed by atoms with Crippen LogP contribution in [0.2, 0.25) is 5.02 Å². The van der Waals surface area contributed by atoms with Gasteiger partial charge in [-0.05, 0) is 38.0 Å². The molecule has 1 aliphatic carbocycles. The fourth-order valence-electron chi connectivity index (χ4n) is 2.54. The number of primary amides is 1.